The zero-order valence-corrected chi connectivity index (χ0v) is 5.89. The Bertz CT molecular complexity index is 255. The summed E-state index contributed by atoms with van der Waals surface area (Å²) in [6, 6.07) is 0. The van der Waals surface area contributed by atoms with Crippen LogP contribution in [0.15, 0.2) is 23.6 Å². The first-order chi connectivity index (χ1) is 5.38. The van der Waals surface area contributed by atoms with Crippen molar-refractivity contribution in [2.75, 3.05) is 13.3 Å². The van der Waals surface area contributed by atoms with Crippen LogP contribution in [0.2, 0.25) is 0 Å². The Kier molecular flexibility index (Phi) is 1.31. The second-order valence-electron chi connectivity index (χ2n) is 2.37. The van der Waals surface area contributed by atoms with Gasteiger partial charge in [-0.1, -0.05) is 0 Å². The van der Waals surface area contributed by atoms with E-state index >= 15 is 0 Å². The Hall–Kier alpha value is -1.45. The van der Waals surface area contributed by atoms with Crippen LogP contribution in [0.4, 0.5) is 0 Å². The van der Waals surface area contributed by atoms with Crippen LogP contribution in [-0.2, 0) is 9.53 Å². The molecule has 0 radical (unpaired) electrons. The van der Waals surface area contributed by atoms with Crippen molar-refractivity contribution in [1.82, 2.24) is 10.6 Å². The van der Waals surface area contributed by atoms with Gasteiger partial charge in [0.25, 0.3) is 5.91 Å². The lowest BCUT2D eigenvalue weighted by atomic mass is 10.1. The number of rotatable bonds is 0. The molecule has 4 heteroatoms. The molecule has 4 nitrogen and oxygen atoms in total. The van der Waals surface area contributed by atoms with Gasteiger partial charge in [-0.25, -0.2) is 0 Å². The minimum atomic E-state index is -0.0388. The Morgan fingerprint density at radius 3 is 3.18 bits per heavy atom. The van der Waals surface area contributed by atoms with Crippen LogP contribution >= 0.6 is 0 Å². The lowest BCUT2D eigenvalue weighted by molar-refractivity contribution is -0.118. The Balaban J connectivity index is 2.35. The molecular formula is C7H8N2O2. The molecule has 2 N–H and O–H groups in total. The molecule has 2 rings (SSSR count). The number of carbonyl (C=O) groups excluding carboxylic acids is 1. The zero-order valence-electron chi connectivity index (χ0n) is 5.89. The predicted molar refractivity (Wildman–Crippen MR) is 38.3 cm³/mol. The van der Waals surface area contributed by atoms with Gasteiger partial charge in [0.15, 0.2) is 0 Å². The summed E-state index contributed by atoms with van der Waals surface area (Å²) in [6.07, 6.45) is 3.35. The average Bonchev–Trinajstić information content (AvgIpc) is 2.06. The molecule has 0 spiro atoms. The molecule has 58 valence electrons. The van der Waals surface area contributed by atoms with E-state index < -0.39 is 0 Å². The number of hydrogen-bond acceptors (Lipinski definition) is 3. The van der Waals surface area contributed by atoms with Crippen LogP contribution in [-0.4, -0.2) is 19.2 Å². The lowest BCUT2D eigenvalue weighted by Crippen LogP contribution is -2.42. The van der Waals surface area contributed by atoms with E-state index in [2.05, 4.69) is 10.6 Å². The molecule has 0 fully saturated rings. The standard InChI is InChI=1S/C7H8N2O2/c10-7-5-3-11-2-1-6(5)8-4-9-7/h1-2,8H,3-4H2,(H,9,10). The van der Waals surface area contributed by atoms with Gasteiger partial charge in [-0.3, -0.25) is 4.79 Å². The van der Waals surface area contributed by atoms with Crippen molar-refractivity contribution < 1.29 is 9.53 Å². The van der Waals surface area contributed by atoms with E-state index in [0.717, 1.165) is 5.70 Å². The monoisotopic (exact) mass is 152 g/mol. The molecule has 0 aromatic heterocycles. The van der Waals surface area contributed by atoms with E-state index in [1.807, 2.05) is 0 Å². The van der Waals surface area contributed by atoms with E-state index in [-0.39, 0.29) is 5.91 Å². The Morgan fingerprint density at radius 1 is 1.45 bits per heavy atom. The smallest absolute Gasteiger partial charge is 0.254 e. The van der Waals surface area contributed by atoms with Gasteiger partial charge in [0.1, 0.15) is 6.61 Å². The summed E-state index contributed by atoms with van der Waals surface area (Å²) < 4.78 is 4.97. The van der Waals surface area contributed by atoms with Gasteiger partial charge in [0, 0.05) is 0 Å². The van der Waals surface area contributed by atoms with E-state index in [4.69, 9.17) is 4.74 Å². The van der Waals surface area contributed by atoms with Crippen LogP contribution < -0.4 is 10.6 Å². The number of ether oxygens (including phenoxy) is 1. The summed E-state index contributed by atoms with van der Waals surface area (Å²) in [5.74, 6) is -0.0388. The summed E-state index contributed by atoms with van der Waals surface area (Å²) in [4.78, 5) is 11.1. The molecule has 0 aromatic carbocycles. The van der Waals surface area contributed by atoms with Crippen molar-refractivity contribution in [3.05, 3.63) is 23.6 Å². The first kappa shape index (κ1) is 6.27. The summed E-state index contributed by atoms with van der Waals surface area (Å²) in [5.41, 5.74) is 1.55. The van der Waals surface area contributed by atoms with Crippen LogP contribution in [0.1, 0.15) is 0 Å². The second-order valence-corrected chi connectivity index (χ2v) is 2.37. The van der Waals surface area contributed by atoms with Crippen LogP contribution in [0.5, 0.6) is 0 Å². The number of carbonyl (C=O) groups is 1. The maximum absolute atomic E-state index is 11.1. The van der Waals surface area contributed by atoms with Crippen LogP contribution in [0.25, 0.3) is 0 Å². The highest BCUT2D eigenvalue weighted by molar-refractivity contribution is 5.95. The van der Waals surface area contributed by atoms with Gasteiger partial charge in [-0.2, -0.15) is 0 Å². The molecule has 0 bridgehead atoms. The molecule has 11 heavy (non-hydrogen) atoms. The fourth-order valence-electron chi connectivity index (χ4n) is 1.11. The average molecular weight is 152 g/mol. The van der Waals surface area contributed by atoms with Crippen molar-refractivity contribution in [3.63, 3.8) is 0 Å². The third-order valence-electron chi connectivity index (χ3n) is 1.69. The van der Waals surface area contributed by atoms with Gasteiger partial charge in [0.05, 0.1) is 24.2 Å². The quantitative estimate of drug-likeness (QED) is 0.490. The fourth-order valence-corrected chi connectivity index (χ4v) is 1.11. The van der Waals surface area contributed by atoms with Gasteiger partial charge in [-0.15, -0.1) is 0 Å². The first-order valence-electron chi connectivity index (χ1n) is 3.41. The maximum atomic E-state index is 11.1. The van der Waals surface area contributed by atoms with Crippen molar-refractivity contribution >= 4 is 5.91 Å². The second kappa shape index (κ2) is 2.30. The molecule has 1 amide bonds. The third-order valence-corrected chi connectivity index (χ3v) is 1.69. The van der Waals surface area contributed by atoms with Gasteiger partial charge in [0.2, 0.25) is 0 Å². The topological polar surface area (TPSA) is 50.4 Å². The van der Waals surface area contributed by atoms with E-state index in [1.54, 1.807) is 12.3 Å². The predicted octanol–water partition coefficient (Wildman–Crippen LogP) is -0.539. The van der Waals surface area contributed by atoms with Gasteiger partial charge >= 0.3 is 0 Å². The van der Waals surface area contributed by atoms with Crippen LogP contribution in [0, 0.1) is 0 Å². The van der Waals surface area contributed by atoms with E-state index in [9.17, 15) is 4.79 Å². The molecule has 0 atom stereocenters. The first-order valence-corrected chi connectivity index (χ1v) is 3.41. The molecule has 2 aliphatic heterocycles. The molecule has 2 heterocycles. The van der Waals surface area contributed by atoms with Crippen molar-refractivity contribution in [3.8, 4) is 0 Å². The summed E-state index contributed by atoms with van der Waals surface area (Å²) in [7, 11) is 0. The molecule has 0 unspecified atom stereocenters. The molecule has 0 aromatic rings. The molecule has 0 saturated heterocycles. The zero-order chi connectivity index (χ0) is 7.68. The lowest BCUT2D eigenvalue weighted by Gasteiger charge is -2.22. The number of nitrogens with one attached hydrogen (secondary N) is 2. The fraction of sp³-hybridized carbons (Fsp3) is 0.286. The molecule has 0 saturated carbocycles. The number of amides is 1. The minimum Gasteiger partial charge on any atom is -0.496 e. The SMILES string of the molecule is O=C1NCNC2=C1COC=C2. The van der Waals surface area contributed by atoms with Crippen molar-refractivity contribution in [2.45, 2.75) is 0 Å². The Morgan fingerprint density at radius 2 is 2.36 bits per heavy atom. The van der Waals surface area contributed by atoms with Crippen molar-refractivity contribution in [2.24, 2.45) is 0 Å². The third kappa shape index (κ3) is 0.960. The van der Waals surface area contributed by atoms with Crippen LogP contribution in [0.3, 0.4) is 0 Å². The van der Waals surface area contributed by atoms with Gasteiger partial charge in [-0.05, 0) is 6.08 Å². The Labute approximate surface area is 63.9 Å². The van der Waals surface area contributed by atoms with Gasteiger partial charge < -0.3 is 15.4 Å². The maximum Gasteiger partial charge on any atom is 0.254 e. The molecular weight excluding hydrogens is 144 g/mol. The highest BCUT2D eigenvalue weighted by atomic mass is 16.5. The summed E-state index contributed by atoms with van der Waals surface area (Å²) in [5, 5.41) is 5.69. The normalized spacial score (nSPS) is 21.6. The van der Waals surface area contributed by atoms with Crippen molar-refractivity contribution in [1.29, 1.82) is 0 Å². The highest BCUT2D eigenvalue weighted by Gasteiger charge is 2.20. The van der Waals surface area contributed by atoms with E-state index in [0.29, 0.717) is 18.8 Å². The largest absolute Gasteiger partial charge is 0.496 e. The summed E-state index contributed by atoms with van der Waals surface area (Å²) in [6.45, 7) is 0.868. The molecule has 2 aliphatic rings. The summed E-state index contributed by atoms with van der Waals surface area (Å²) >= 11 is 0. The number of allylic oxidation sites excluding steroid dienone is 1. The molecule has 0 aliphatic carbocycles. The highest BCUT2D eigenvalue weighted by Crippen LogP contribution is 2.11. The number of hydrogen-bond donors (Lipinski definition) is 2. The minimum absolute atomic E-state index is 0.0388. The van der Waals surface area contributed by atoms with E-state index in [1.165, 1.54) is 0 Å².